The van der Waals surface area contributed by atoms with Crippen LogP contribution >= 0.6 is 0 Å². The van der Waals surface area contributed by atoms with Gasteiger partial charge in [-0.05, 0) is 31.2 Å². The quantitative estimate of drug-likeness (QED) is 0.734. The Hall–Kier alpha value is -3.00. The minimum Gasteiger partial charge on any atom is -0.492 e. The molecule has 0 saturated carbocycles. The van der Waals surface area contributed by atoms with Crippen molar-refractivity contribution in [1.29, 1.82) is 5.26 Å². The molecule has 0 fully saturated rings. The van der Waals surface area contributed by atoms with Crippen LogP contribution in [0.5, 0.6) is 5.75 Å². The molecule has 3 rings (SSSR count). The maximum Gasteiger partial charge on any atom is 0.168 e. The summed E-state index contributed by atoms with van der Waals surface area (Å²) >= 11 is 0. The number of imidazole rings is 1. The van der Waals surface area contributed by atoms with E-state index in [1.165, 1.54) is 5.56 Å². The normalized spacial score (nSPS) is 10.4. The van der Waals surface area contributed by atoms with Gasteiger partial charge in [0.25, 0.3) is 0 Å². The molecule has 0 spiro atoms. The number of hydrogen-bond donors (Lipinski definition) is 1. The van der Waals surface area contributed by atoms with E-state index in [1.807, 2.05) is 55.6 Å². The van der Waals surface area contributed by atoms with E-state index < -0.39 is 0 Å². The maximum atomic E-state index is 9.28. The van der Waals surface area contributed by atoms with E-state index in [-0.39, 0.29) is 0 Å². The largest absolute Gasteiger partial charge is 0.492 e. The molecule has 0 amide bonds. The first-order valence-corrected chi connectivity index (χ1v) is 7.08. The van der Waals surface area contributed by atoms with Crippen LogP contribution in [0.15, 0.2) is 48.7 Å². The van der Waals surface area contributed by atoms with Crippen LogP contribution in [0.2, 0.25) is 0 Å². The molecule has 0 aliphatic rings. The Morgan fingerprint density at radius 3 is 2.82 bits per heavy atom. The van der Waals surface area contributed by atoms with Gasteiger partial charge in [-0.25, -0.2) is 4.98 Å². The van der Waals surface area contributed by atoms with Crippen LogP contribution in [0.4, 0.5) is 5.82 Å². The third-order valence-corrected chi connectivity index (χ3v) is 3.32. The summed E-state index contributed by atoms with van der Waals surface area (Å²) in [5, 5.41) is 12.4. The summed E-state index contributed by atoms with van der Waals surface area (Å²) in [5.41, 5.74) is 2.46. The lowest BCUT2D eigenvalue weighted by Crippen LogP contribution is -2.12. The first-order chi connectivity index (χ1) is 10.8. The van der Waals surface area contributed by atoms with Crippen LogP contribution in [-0.2, 0) is 0 Å². The highest BCUT2D eigenvalue weighted by atomic mass is 16.5. The molecule has 0 bridgehead atoms. The Kier molecular flexibility index (Phi) is 3.92. The Bertz CT molecular complexity index is 815. The molecule has 0 unspecified atom stereocenters. The topological polar surface area (TPSA) is 62.4 Å². The van der Waals surface area contributed by atoms with E-state index in [0.29, 0.717) is 24.7 Å². The minimum absolute atomic E-state index is 0.502. The lowest BCUT2D eigenvalue weighted by Gasteiger charge is -2.07. The molecule has 2 heterocycles. The molecule has 0 radical (unpaired) electrons. The predicted octanol–water partition coefficient (Wildman–Crippen LogP) is 3.01. The number of fused-ring (bicyclic) bond motifs is 1. The Labute approximate surface area is 128 Å². The predicted molar refractivity (Wildman–Crippen MR) is 85.1 cm³/mol. The number of aromatic nitrogens is 2. The van der Waals surface area contributed by atoms with Crippen LogP contribution in [-0.4, -0.2) is 22.5 Å². The van der Waals surface area contributed by atoms with Crippen molar-refractivity contribution in [1.82, 2.24) is 9.38 Å². The van der Waals surface area contributed by atoms with E-state index >= 15 is 0 Å². The molecule has 2 aromatic heterocycles. The van der Waals surface area contributed by atoms with Gasteiger partial charge in [-0.2, -0.15) is 5.26 Å². The second-order valence-electron chi connectivity index (χ2n) is 4.94. The summed E-state index contributed by atoms with van der Waals surface area (Å²) in [6.45, 7) is 3.12. The number of nitrogens with zero attached hydrogens (tertiary/aromatic N) is 3. The molecule has 5 nitrogen and oxygen atoms in total. The van der Waals surface area contributed by atoms with E-state index in [0.717, 1.165) is 11.4 Å². The molecule has 0 saturated heterocycles. The number of pyridine rings is 1. The van der Waals surface area contributed by atoms with Crippen LogP contribution in [0.3, 0.4) is 0 Å². The van der Waals surface area contributed by atoms with E-state index in [2.05, 4.69) is 16.4 Å². The van der Waals surface area contributed by atoms with Crippen molar-refractivity contribution in [3.05, 3.63) is 59.9 Å². The van der Waals surface area contributed by atoms with E-state index in [4.69, 9.17) is 4.74 Å². The summed E-state index contributed by atoms with van der Waals surface area (Å²) in [5.74, 6) is 1.42. The zero-order valence-corrected chi connectivity index (χ0v) is 12.3. The summed E-state index contributed by atoms with van der Waals surface area (Å²) in [4.78, 5) is 4.41. The highest BCUT2D eigenvalue weighted by Crippen LogP contribution is 2.16. The average molecular weight is 292 g/mol. The third-order valence-electron chi connectivity index (χ3n) is 3.32. The number of nitriles is 1. The van der Waals surface area contributed by atoms with Crippen LogP contribution in [0.25, 0.3) is 5.65 Å². The van der Waals surface area contributed by atoms with Gasteiger partial charge < -0.3 is 10.1 Å². The zero-order chi connectivity index (χ0) is 15.4. The average Bonchev–Trinajstić information content (AvgIpc) is 2.90. The van der Waals surface area contributed by atoms with Crippen LogP contribution < -0.4 is 10.1 Å². The molecule has 0 aliphatic heterocycles. The van der Waals surface area contributed by atoms with Gasteiger partial charge in [0.05, 0.1) is 6.54 Å². The van der Waals surface area contributed by atoms with E-state index in [1.54, 1.807) is 4.40 Å². The van der Waals surface area contributed by atoms with Gasteiger partial charge >= 0.3 is 0 Å². The molecular formula is C17H16N4O. The molecule has 5 heteroatoms. The van der Waals surface area contributed by atoms with Crippen molar-refractivity contribution >= 4 is 11.5 Å². The van der Waals surface area contributed by atoms with Crippen molar-refractivity contribution in [3.63, 3.8) is 0 Å². The van der Waals surface area contributed by atoms with Crippen molar-refractivity contribution in [2.24, 2.45) is 0 Å². The lowest BCUT2D eigenvalue weighted by molar-refractivity contribution is 0.332. The van der Waals surface area contributed by atoms with Crippen LogP contribution in [0, 0.1) is 18.3 Å². The Morgan fingerprint density at radius 1 is 1.23 bits per heavy atom. The number of anilines is 1. The highest BCUT2D eigenvalue weighted by molar-refractivity contribution is 5.58. The number of benzene rings is 1. The van der Waals surface area contributed by atoms with Gasteiger partial charge in [0, 0.05) is 6.20 Å². The third kappa shape index (κ3) is 2.86. The fraction of sp³-hybridized carbons (Fsp3) is 0.176. The number of ether oxygens (including phenoxy) is 1. The van der Waals surface area contributed by atoms with Gasteiger partial charge in [0.15, 0.2) is 11.5 Å². The summed E-state index contributed by atoms with van der Waals surface area (Å²) in [6, 6.07) is 15.7. The SMILES string of the molecule is Cc1ccc(OCCNc2nc3ccccn3c2C#N)cc1. The van der Waals surface area contributed by atoms with Gasteiger partial charge in [0.1, 0.15) is 24.1 Å². The monoisotopic (exact) mass is 292 g/mol. The molecular weight excluding hydrogens is 276 g/mol. The van der Waals surface area contributed by atoms with Gasteiger partial charge in [-0.1, -0.05) is 23.8 Å². The second-order valence-corrected chi connectivity index (χ2v) is 4.94. The van der Waals surface area contributed by atoms with Crippen LogP contribution in [0.1, 0.15) is 11.3 Å². The smallest absolute Gasteiger partial charge is 0.168 e. The fourth-order valence-electron chi connectivity index (χ4n) is 2.20. The van der Waals surface area contributed by atoms with Crippen molar-refractivity contribution in [2.75, 3.05) is 18.5 Å². The fourth-order valence-corrected chi connectivity index (χ4v) is 2.20. The minimum atomic E-state index is 0.502. The van der Waals surface area contributed by atoms with E-state index in [9.17, 15) is 5.26 Å². The molecule has 0 atom stereocenters. The van der Waals surface area contributed by atoms with Crippen molar-refractivity contribution in [2.45, 2.75) is 6.92 Å². The molecule has 0 aliphatic carbocycles. The number of rotatable bonds is 5. The zero-order valence-electron chi connectivity index (χ0n) is 12.3. The Balaban J connectivity index is 1.62. The summed E-state index contributed by atoms with van der Waals surface area (Å²) in [6.07, 6.45) is 1.83. The Morgan fingerprint density at radius 2 is 2.05 bits per heavy atom. The first kappa shape index (κ1) is 14.0. The van der Waals surface area contributed by atoms with Crippen molar-refractivity contribution in [3.8, 4) is 11.8 Å². The molecule has 1 N–H and O–H groups in total. The highest BCUT2D eigenvalue weighted by Gasteiger charge is 2.10. The van der Waals surface area contributed by atoms with Crippen molar-refractivity contribution < 1.29 is 4.74 Å². The number of aryl methyl sites for hydroxylation is 1. The summed E-state index contributed by atoms with van der Waals surface area (Å²) in [7, 11) is 0. The van der Waals surface area contributed by atoms with Gasteiger partial charge in [-0.15, -0.1) is 0 Å². The molecule has 110 valence electrons. The standard InChI is InChI=1S/C17H16N4O/c1-13-5-7-14(8-6-13)22-11-9-19-17-15(12-18)21-10-3-2-4-16(21)20-17/h2-8,10,19H,9,11H2,1H3. The molecule has 1 aromatic carbocycles. The number of nitrogens with one attached hydrogen (secondary N) is 1. The summed E-state index contributed by atoms with van der Waals surface area (Å²) < 4.78 is 7.42. The van der Waals surface area contributed by atoms with Gasteiger partial charge in [0.2, 0.25) is 0 Å². The number of hydrogen-bond acceptors (Lipinski definition) is 4. The maximum absolute atomic E-state index is 9.28. The molecule has 3 aromatic rings. The molecule has 22 heavy (non-hydrogen) atoms. The lowest BCUT2D eigenvalue weighted by atomic mass is 10.2. The van der Waals surface area contributed by atoms with Gasteiger partial charge in [-0.3, -0.25) is 4.40 Å². The first-order valence-electron chi connectivity index (χ1n) is 7.08. The second kappa shape index (κ2) is 6.19.